The van der Waals surface area contributed by atoms with Crippen molar-refractivity contribution in [2.24, 2.45) is 0 Å². The summed E-state index contributed by atoms with van der Waals surface area (Å²) in [6.45, 7) is 0. The largest absolute Gasteiger partial charge is 0.247 e. The first-order valence-electron chi connectivity index (χ1n) is 35.7. The molecular formula is C101H63N3. The van der Waals surface area contributed by atoms with E-state index in [4.69, 9.17) is 15.0 Å². The molecule has 0 aliphatic heterocycles. The van der Waals surface area contributed by atoms with Crippen LogP contribution in [0.25, 0.3) is 207 Å². The molecule has 0 aliphatic rings. The van der Waals surface area contributed by atoms with Crippen LogP contribution in [-0.2, 0) is 0 Å². The zero-order valence-electron chi connectivity index (χ0n) is 56.7. The summed E-state index contributed by atoms with van der Waals surface area (Å²) in [5.41, 5.74) is 14.5. The molecule has 0 fully saturated rings. The smallest absolute Gasteiger partial charge is 0.0788 e. The molecular weight excluding hydrogens is 1260 g/mol. The second kappa shape index (κ2) is 25.2. The van der Waals surface area contributed by atoms with E-state index in [2.05, 4.69) is 382 Å². The summed E-state index contributed by atoms with van der Waals surface area (Å²) in [6.07, 6.45) is 0. The fourth-order valence-corrected chi connectivity index (χ4v) is 16.2. The summed E-state index contributed by atoms with van der Waals surface area (Å²) in [6, 6.07) is 137. The average Bonchev–Trinajstić information content (AvgIpc) is 0.747. The molecule has 104 heavy (non-hydrogen) atoms. The number of aromatic nitrogens is 3. The van der Waals surface area contributed by atoms with Crippen LogP contribution in [0.1, 0.15) is 0 Å². The number of fused-ring (bicyclic) bond motifs is 22. The fourth-order valence-electron chi connectivity index (χ4n) is 16.2. The van der Waals surface area contributed by atoms with Gasteiger partial charge in [-0.2, -0.15) is 0 Å². The number of hydrogen-bond donors (Lipinski definition) is 0. The van der Waals surface area contributed by atoms with Crippen molar-refractivity contribution < 1.29 is 0 Å². The zero-order valence-corrected chi connectivity index (χ0v) is 56.7. The standard InChI is InChI=1S/C37H23N.C33H21N.C31H19N/c1-3-9-30-25(7-1)15-18-29-23-28(20-21-31(29)30)24-13-16-27(17-14-24)37-34-22-19-26-8-2-4-10-32(26)36(34)33-11-5-6-12-35(33)38-37;1-2-9-26-21-27(18-15-22(26)7-1)23-13-16-25(17-14-23)33-30-20-19-24-8-3-4-10-28(24)32(30)29-11-5-6-12-31(29)34-33;1-3-9-24-20(7-1)13-14-22-19-23(16-17-25(22)24)31-28-18-15-21-8-2-4-10-26(21)30(28)27-11-5-6-12-29(27)32-31/h1-23H;1-21H;1-19H. The van der Waals surface area contributed by atoms with Crippen molar-refractivity contribution >= 4 is 151 Å². The van der Waals surface area contributed by atoms with Crippen LogP contribution in [0.5, 0.6) is 0 Å². The van der Waals surface area contributed by atoms with E-state index >= 15 is 0 Å². The minimum absolute atomic E-state index is 1.03. The van der Waals surface area contributed by atoms with Crippen LogP contribution in [-0.4, -0.2) is 15.0 Å². The highest BCUT2D eigenvalue weighted by Gasteiger charge is 2.18. The third-order valence-corrected chi connectivity index (χ3v) is 21.3. The van der Waals surface area contributed by atoms with Crippen molar-refractivity contribution in [3.63, 3.8) is 0 Å². The molecule has 0 N–H and O–H groups in total. The molecule has 0 atom stereocenters. The third-order valence-electron chi connectivity index (χ3n) is 21.3. The van der Waals surface area contributed by atoms with Gasteiger partial charge in [-0.25, -0.2) is 15.0 Å². The zero-order chi connectivity index (χ0) is 68.6. The Morgan fingerprint density at radius 1 is 0.125 bits per heavy atom. The second-order valence-electron chi connectivity index (χ2n) is 27.2. The predicted molar refractivity (Wildman–Crippen MR) is 445 cm³/mol. The molecule has 0 spiro atoms. The third kappa shape index (κ3) is 10.5. The maximum absolute atomic E-state index is 5.15. The molecule has 0 bridgehead atoms. The molecule has 0 unspecified atom stereocenters. The average molecular weight is 1320 g/mol. The van der Waals surface area contributed by atoms with Crippen LogP contribution >= 0.6 is 0 Å². The van der Waals surface area contributed by atoms with Gasteiger partial charge in [-0.3, -0.25) is 0 Å². The van der Waals surface area contributed by atoms with E-state index in [1.54, 1.807) is 0 Å². The molecule has 22 aromatic rings. The van der Waals surface area contributed by atoms with Gasteiger partial charge in [0, 0.05) is 65.2 Å². The van der Waals surface area contributed by atoms with Crippen molar-refractivity contribution in [3.8, 4) is 56.0 Å². The number of benzene rings is 19. The van der Waals surface area contributed by atoms with Gasteiger partial charge in [-0.15, -0.1) is 0 Å². The Bertz CT molecular complexity index is 7170. The van der Waals surface area contributed by atoms with Crippen LogP contribution in [0.2, 0.25) is 0 Å². The minimum Gasteiger partial charge on any atom is -0.247 e. The summed E-state index contributed by atoms with van der Waals surface area (Å²) < 4.78 is 0. The highest BCUT2D eigenvalue weighted by atomic mass is 14.7. The van der Waals surface area contributed by atoms with Gasteiger partial charge in [-0.1, -0.05) is 346 Å². The monoisotopic (exact) mass is 1320 g/mol. The molecule has 3 heteroatoms. The normalized spacial score (nSPS) is 11.7. The number of para-hydroxylation sites is 3. The Morgan fingerprint density at radius 3 is 0.769 bits per heavy atom. The van der Waals surface area contributed by atoms with Gasteiger partial charge in [0.1, 0.15) is 0 Å². The van der Waals surface area contributed by atoms with Crippen molar-refractivity contribution in [1.82, 2.24) is 15.0 Å². The van der Waals surface area contributed by atoms with Gasteiger partial charge in [0.25, 0.3) is 0 Å². The summed E-state index contributed by atoms with van der Waals surface area (Å²) in [4.78, 5) is 15.4. The van der Waals surface area contributed by atoms with Gasteiger partial charge in [0.2, 0.25) is 0 Å². The lowest BCUT2D eigenvalue weighted by Gasteiger charge is -2.13. The predicted octanol–water partition coefficient (Wildman–Crippen LogP) is 27.7. The first-order chi connectivity index (χ1) is 51.5. The SMILES string of the molecule is c1ccc2c(c1)ccc1cc(-c3ccc(-c4nc5ccccc5c5c4ccc4ccccc45)cc3)ccc12.c1ccc2c(c1)ccc1cc(-c3nc4ccccc4c4c3ccc3ccccc34)ccc12.c1ccc2cc(-c3ccc(-c4nc5ccccc5c5c4ccc4ccccc45)cc3)ccc2c1. The Hall–Kier alpha value is -13.7. The molecule has 0 saturated carbocycles. The van der Waals surface area contributed by atoms with Crippen LogP contribution < -0.4 is 0 Å². The molecule has 0 radical (unpaired) electrons. The van der Waals surface area contributed by atoms with Crippen LogP contribution in [0, 0.1) is 0 Å². The first kappa shape index (κ1) is 60.2. The van der Waals surface area contributed by atoms with Crippen molar-refractivity contribution in [2.75, 3.05) is 0 Å². The molecule has 19 aromatic carbocycles. The molecule has 0 saturated heterocycles. The van der Waals surface area contributed by atoms with Crippen molar-refractivity contribution in [3.05, 3.63) is 382 Å². The Balaban J connectivity index is 0.000000104. The van der Waals surface area contributed by atoms with E-state index in [-0.39, 0.29) is 0 Å². The molecule has 3 aromatic heterocycles. The highest BCUT2D eigenvalue weighted by Crippen LogP contribution is 2.43. The van der Waals surface area contributed by atoms with Crippen molar-refractivity contribution in [1.29, 1.82) is 0 Å². The Morgan fingerprint density at radius 2 is 0.356 bits per heavy atom. The maximum atomic E-state index is 5.15. The minimum atomic E-state index is 1.03. The quantitative estimate of drug-likeness (QED) is 0.161. The summed E-state index contributed by atoms with van der Waals surface area (Å²) in [5.74, 6) is 0. The Labute approximate surface area is 600 Å². The lowest BCUT2D eigenvalue weighted by atomic mass is 9.94. The van der Waals surface area contributed by atoms with Gasteiger partial charge in [0.05, 0.1) is 33.6 Å². The summed E-state index contributed by atoms with van der Waals surface area (Å²) in [5, 5.41) is 31.3. The molecule has 0 amide bonds. The summed E-state index contributed by atoms with van der Waals surface area (Å²) >= 11 is 0. The van der Waals surface area contributed by atoms with E-state index in [9.17, 15) is 0 Å². The van der Waals surface area contributed by atoms with E-state index in [1.165, 1.54) is 157 Å². The van der Waals surface area contributed by atoms with Crippen molar-refractivity contribution in [2.45, 2.75) is 0 Å². The molecule has 22 rings (SSSR count). The van der Waals surface area contributed by atoms with Crippen LogP contribution in [0.3, 0.4) is 0 Å². The van der Waals surface area contributed by atoms with E-state index < -0.39 is 0 Å². The van der Waals surface area contributed by atoms with Gasteiger partial charge >= 0.3 is 0 Å². The first-order valence-corrected chi connectivity index (χ1v) is 35.7. The molecule has 0 aliphatic carbocycles. The van der Waals surface area contributed by atoms with Gasteiger partial charge in [-0.05, 0) is 145 Å². The maximum Gasteiger partial charge on any atom is 0.0788 e. The number of hydrogen-bond acceptors (Lipinski definition) is 3. The Kier molecular flexibility index (Phi) is 14.6. The van der Waals surface area contributed by atoms with E-state index in [0.717, 1.165) is 50.3 Å². The fraction of sp³-hybridized carbons (Fsp3) is 0. The number of nitrogens with zero attached hydrogens (tertiary/aromatic N) is 3. The lowest BCUT2D eigenvalue weighted by molar-refractivity contribution is 1.43. The second-order valence-corrected chi connectivity index (χ2v) is 27.2. The van der Waals surface area contributed by atoms with Gasteiger partial charge < -0.3 is 0 Å². The van der Waals surface area contributed by atoms with Crippen LogP contribution in [0.15, 0.2) is 382 Å². The summed E-state index contributed by atoms with van der Waals surface area (Å²) in [7, 11) is 0. The molecule has 3 nitrogen and oxygen atoms in total. The number of rotatable bonds is 5. The lowest BCUT2D eigenvalue weighted by Crippen LogP contribution is -1.91. The van der Waals surface area contributed by atoms with E-state index in [1.807, 2.05) is 0 Å². The molecule has 482 valence electrons. The highest BCUT2D eigenvalue weighted by molar-refractivity contribution is 6.25. The number of pyridine rings is 3. The van der Waals surface area contributed by atoms with Gasteiger partial charge in [0.15, 0.2) is 0 Å². The topological polar surface area (TPSA) is 38.7 Å². The van der Waals surface area contributed by atoms with Crippen LogP contribution in [0.4, 0.5) is 0 Å². The molecule has 3 heterocycles. The van der Waals surface area contributed by atoms with E-state index in [0.29, 0.717) is 0 Å².